The van der Waals surface area contributed by atoms with E-state index in [2.05, 4.69) is 20.9 Å². The monoisotopic (exact) mass is 567 g/mol. The number of nitrogens with one attached hydrogen (secondary N) is 3. The minimum absolute atomic E-state index is 0.170. The molecule has 0 saturated carbocycles. The van der Waals surface area contributed by atoms with Gasteiger partial charge in [0.25, 0.3) is 5.91 Å². The van der Waals surface area contributed by atoms with Gasteiger partial charge in [-0.15, -0.1) is 0 Å². The molecule has 1 aliphatic rings. The van der Waals surface area contributed by atoms with Crippen LogP contribution >= 0.6 is 21.6 Å². The molecule has 4 amide bonds. The highest BCUT2D eigenvalue weighted by atomic mass is 33.1. The summed E-state index contributed by atoms with van der Waals surface area (Å²) in [5, 5.41) is 19.2. The number of likely N-dealkylation sites (N-methyl/N-ethyl adjacent to an activating group) is 1. The normalized spacial score (nSPS) is 19.5. The summed E-state index contributed by atoms with van der Waals surface area (Å²) >= 11 is 0. The van der Waals surface area contributed by atoms with Crippen LogP contribution < -0.4 is 16.0 Å². The molecule has 0 bridgehead atoms. The summed E-state index contributed by atoms with van der Waals surface area (Å²) in [6.45, 7) is 1.53. The maximum absolute atomic E-state index is 13.1. The zero-order valence-electron chi connectivity index (χ0n) is 21.4. The summed E-state index contributed by atoms with van der Waals surface area (Å²) in [5.41, 5.74) is 1.27. The fourth-order valence-corrected chi connectivity index (χ4v) is 6.43. The zero-order chi connectivity index (χ0) is 27.9. The number of fused-ring (bicyclic) bond motifs is 1. The van der Waals surface area contributed by atoms with Gasteiger partial charge in [0, 0.05) is 23.9 Å². The van der Waals surface area contributed by atoms with Gasteiger partial charge in [-0.3, -0.25) is 19.2 Å². The number of pyridine rings is 1. The second kappa shape index (κ2) is 12.9. The van der Waals surface area contributed by atoms with Gasteiger partial charge in [0.2, 0.25) is 17.7 Å². The van der Waals surface area contributed by atoms with E-state index in [1.165, 1.54) is 39.6 Å². The first kappa shape index (κ1) is 28.2. The largest absolute Gasteiger partial charge is 0.505 e. The second-order valence-corrected chi connectivity index (χ2v) is 11.6. The van der Waals surface area contributed by atoms with Crippen molar-refractivity contribution < 1.29 is 24.3 Å². The minimum Gasteiger partial charge on any atom is -0.505 e. The van der Waals surface area contributed by atoms with Gasteiger partial charge in [-0.05, 0) is 24.6 Å². The van der Waals surface area contributed by atoms with Crippen molar-refractivity contribution in [1.82, 2.24) is 25.8 Å². The molecule has 3 atom stereocenters. The summed E-state index contributed by atoms with van der Waals surface area (Å²) in [6, 6.07) is 16.0. The number of nitrogens with zero attached hydrogens (tertiary/aromatic N) is 2. The molecule has 0 aliphatic carbocycles. The first-order valence-corrected chi connectivity index (χ1v) is 14.8. The van der Waals surface area contributed by atoms with Crippen molar-refractivity contribution in [3.8, 4) is 5.75 Å². The fourth-order valence-electron chi connectivity index (χ4n) is 3.99. The molecule has 3 aromatic rings. The first-order valence-electron chi connectivity index (χ1n) is 12.3. The highest BCUT2D eigenvalue weighted by molar-refractivity contribution is 8.76. The Bertz CT molecular complexity index is 1370. The number of rotatable bonds is 5. The van der Waals surface area contributed by atoms with Gasteiger partial charge in [-0.1, -0.05) is 70.1 Å². The summed E-state index contributed by atoms with van der Waals surface area (Å²) in [6.07, 6.45) is 0. The first-order chi connectivity index (χ1) is 18.7. The van der Waals surface area contributed by atoms with Crippen molar-refractivity contribution in [2.75, 3.05) is 25.1 Å². The molecule has 1 saturated heterocycles. The number of para-hydroxylation sites is 1. The van der Waals surface area contributed by atoms with Crippen LogP contribution in [0.3, 0.4) is 0 Å². The lowest BCUT2D eigenvalue weighted by Gasteiger charge is -2.28. The van der Waals surface area contributed by atoms with Crippen molar-refractivity contribution in [3.63, 3.8) is 0 Å². The van der Waals surface area contributed by atoms with Crippen molar-refractivity contribution in [2.45, 2.75) is 25.0 Å². The maximum atomic E-state index is 13.1. The van der Waals surface area contributed by atoms with Crippen molar-refractivity contribution >= 4 is 56.1 Å². The van der Waals surface area contributed by atoms with Crippen molar-refractivity contribution in [3.05, 3.63) is 71.9 Å². The third-order valence-corrected chi connectivity index (χ3v) is 8.72. The molecule has 1 aromatic heterocycles. The Labute approximate surface area is 233 Å². The van der Waals surface area contributed by atoms with Gasteiger partial charge < -0.3 is 26.0 Å². The number of hydrogen-bond donors (Lipinski definition) is 4. The quantitative estimate of drug-likeness (QED) is 0.344. The van der Waals surface area contributed by atoms with Crippen molar-refractivity contribution in [2.24, 2.45) is 0 Å². The predicted octanol–water partition coefficient (Wildman–Crippen LogP) is 2.25. The smallest absolute Gasteiger partial charge is 0.274 e. The Kier molecular flexibility index (Phi) is 9.31. The van der Waals surface area contributed by atoms with E-state index in [-0.39, 0.29) is 41.4 Å². The zero-order valence-corrected chi connectivity index (χ0v) is 23.1. The van der Waals surface area contributed by atoms with Crippen LogP contribution in [0.5, 0.6) is 5.75 Å². The molecule has 10 nitrogen and oxygen atoms in total. The van der Waals surface area contributed by atoms with E-state index in [0.29, 0.717) is 10.9 Å². The van der Waals surface area contributed by atoms with E-state index in [0.717, 1.165) is 5.56 Å². The molecule has 204 valence electrons. The van der Waals surface area contributed by atoms with Crippen LogP contribution in [0.25, 0.3) is 10.9 Å². The molecular weight excluding hydrogens is 538 g/mol. The molecule has 0 radical (unpaired) electrons. The highest BCUT2D eigenvalue weighted by Crippen LogP contribution is 2.26. The summed E-state index contributed by atoms with van der Waals surface area (Å²) in [5.74, 6) is -1.87. The van der Waals surface area contributed by atoms with Crippen LogP contribution in [-0.4, -0.2) is 75.8 Å². The van der Waals surface area contributed by atoms with E-state index in [1.54, 1.807) is 24.3 Å². The summed E-state index contributed by atoms with van der Waals surface area (Å²) < 4.78 is 0. The average Bonchev–Trinajstić information content (AvgIpc) is 2.96. The number of carbonyl (C=O) groups excluding carboxylic acids is 4. The van der Waals surface area contributed by atoms with Crippen LogP contribution in [-0.2, 0) is 14.4 Å². The lowest BCUT2D eigenvalue weighted by molar-refractivity contribution is -0.138. The third-order valence-electron chi connectivity index (χ3n) is 6.32. The SMILES string of the molecule is C[C@H](NC(=O)[C@@H]1CSSC[C@@H](NC(=O)c2nc3ccccc3cc2O)C(=O)NCC(=O)N1C)c1ccccc1. The Morgan fingerprint density at radius 1 is 1.08 bits per heavy atom. The van der Waals surface area contributed by atoms with Gasteiger partial charge >= 0.3 is 0 Å². The molecular formula is C27H29N5O5S2. The fraction of sp³-hybridized carbons (Fsp3) is 0.296. The predicted molar refractivity (Wildman–Crippen MR) is 152 cm³/mol. The molecule has 2 heterocycles. The van der Waals surface area contributed by atoms with Crippen LogP contribution in [0.1, 0.15) is 29.0 Å². The molecule has 4 rings (SSSR count). The molecule has 0 spiro atoms. The lowest BCUT2D eigenvalue weighted by Crippen LogP contribution is -2.53. The number of amides is 4. The number of carbonyl (C=O) groups is 4. The van der Waals surface area contributed by atoms with Crippen LogP contribution in [0.15, 0.2) is 60.7 Å². The van der Waals surface area contributed by atoms with Gasteiger partial charge in [0.05, 0.1) is 18.1 Å². The van der Waals surface area contributed by atoms with Gasteiger partial charge in [0.1, 0.15) is 17.8 Å². The van der Waals surface area contributed by atoms with Crippen molar-refractivity contribution in [1.29, 1.82) is 0 Å². The Morgan fingerprint density at radius 3 is 2.54 bits per heavy atom. The molecule has 2 aromatic carbocycles. The number of benzene rings is 2. The summed E-state index contributed by atoms with van der Waals surface area (Å²) in [7, 11) is 4.15. The van der Waals surface area contributed by atoms with Crippen LogP contribution in [0.2, 0.25) is 0 Å². The van der Waals surface area contributed by atoms with E-state index in [4.69, 9.17) is 0 Å². The Hall–Kier alpha value is -3.77. The molecule has 0 unspecified atom stereocenters. The Morgan fingerprint density at radius 2 is 1.77 bits per heavy atom. The van der Waals surface area contributed by atoms with E-state index in [1.807, 2.05) is 37.3 Å². The Balaban J connectivity index is 1.43. The molecule has 4 N–H and O–H groups in total. The van der Waals surface area contributed by atoms with E-state index in [9.17, 15) is 24.3 Å². The third kappa shape index (κ3) is 7.01. The average molecular weight is 568 g/mol. The number of aromatic hydroxyl groups is 1. The summed E-state index contributed by atoms with van der Waals surface area (Å²) in [4.78, 5) is 57.4. The standard InChI is InChI=1S/C27H29N5O5S2/c1-16(17-8-4-3-5-9-17)29-26(36)21-15-39-38-14-20(25(35)28-13-23(34)32(21)2)31-27(37)24-22(33)12-18-10-6-7-11-19(18)30-24/h3-12,16,20-21,33H,13-15H2,1-2H3,(H,28,35)(H,29,36)(H,31,37)/t16-,20+,21-/m0/s1. The topological polar surface area (TPSA) is 141 Å². The number of aromatic nitrogens is 1. The van der Waals surface area contributed by atoms with E-state index < -0.39 is 29.8 Å². The second-order valence-electron chi connectivity index (χ2n) is 9.02. The maximum Gasteiger partial charge on any atom is 0.274 e. The van der Waals surface area contributed by atoms with Gasteiger partial charge in [0.15, 0.2) is 5.69 Å². The van der Waals surface area contributed by atoms with Crippen LogP contribution in [0.4, 0.5) is 0 Å². The van der Waals surface area contributed by atoms with E-state index >= 15 is 0 Å². The minimum atomic E-state index is -0.996. The molecule has 12 heteroatoms. The van der Waals surface area contributed by atoms with Gasteiger partial charge in [-0.25, -0.2) is 4.98 Å². The molecule has 39 heavy (non-hydrogen) atoms. The highest BCUT2D eigenvalue weighted by Gasteiger charge is 2.31. The van der Waals surface area contributed by atoms with Crippen LogP contribution in [0, 0.1) is 0 Å². The number of hydrogen-bond acceptors (Lipinski definition) is 8. The lowest BCUT2D eigenvalue weighted by atomic mass is 10.1. The molecule has 1 fully saturated rings. The van der Waals surface area contributed by atoms with Gasteiger partial charge in [-0.2, -0.15) is 0 Å². The molecule has 1 aliphatic heterocycles.